The molecule has 0 aliphatic carbocycles. The van der Waals surface area contributed by atoms with Crippen LogP contribution in [0.25, 0.3) is 0 Å². The summed E-state index contributed by atoms with van der Waals surface area (Å²) in [5.41, 5.74) is 1.26. The van der Waals surface area contributed by atoms with Gasteiger partial charge in [0.2, 0.25) is 0 Å². The molecule has 0 unspecified atom stereocenters. The van der Waals surface area contributed by atoms with Gasteiger partial charge in [-0.2, -0.15) is 0 Å². The minimum atomic E-state index is -1.05. The van der Waals surface area contributed by atoms with E-state index in [1.807, 2.05) is 0 Å². The van der Waals surface area contributed by atoms with Crippen LogP contribution in [0.15, 0.2) is 140 Å². The fourth-order valence-electron chi connectivity index (χ4n) is 5.65. The molecule has 0 aromatic heterocycles. The second-order valence-electron chi connectivity index (χ2n) is 11.8. The summed E-state index contributed by atoms with van der Waals surface area (Å²) in [5.74, 6) is 1.78. The lowest BCUT2D eigenvalue weighted by Crippen LogP contribution is -2.16. The SMILES string of the molecule is CCCCCCCCCCCCc1ccc(OP(c2ccccc2)c2ccccc2)cc1OP(c1ccccc1)c1ccccc1. The molecule has 238 valence electrons. The van der Waals surface area contributed by atoms with Crippen LogP contribution < -0.4 is 30.3 Å². The van der Waals surface area contributed by atoms with E-state index in [4.69, 9.17) is 9.05 Å². The molecule has 0 fully saturated rings. The minimum absolute atomic E-state index is 0.844. The molecular formula is C42H48O2P2. The third-order valence-corrected chi connectivity index (χ3v) is 12.0. The zero-order chi connectivity index (χ0) is 31.7. The number of benzene rings is 5. The average molecular weight is 647 g/mol. The predicted molar refractivity (Wildman–Crippen MR) is 201 cm³/mol. The largest absolute Gasteiger partial charge is 0.464 e. The van der Waals surface area contributed by atoms with Crippen molar-refractivity contribution >= 4 is 37.5 Å². The number of hydrogen-bond donors (Lipinski definition) is 0. The summed E-state index contributed by atoms with van der Waals surface area (Å²) < 4.78 is 14.0. The first-order chi connectivity index (χ1) is 22.8. The van der Waals surface area contributed by atoms with Crippen molar-refractivity contribution in [3.8, 4) is 11.5 Å². The Morgan fingerprint density at radius 3 is 1.24 bits per heavy atom. The summed E-state index contributed by atoms with van der Waals surface area (Å²) in [4.78, 5) is 0. The van der Waals surface area contributed by atoms with Crippen LogP contribution >= 0.6 is 16.3 Å². The van der Waals surface area contributed by atoms with Gasteiger partial charge in [0, 0.05) is 27.3 Å². The van der Waals surface area contributed by atoms with Crippen molar-refractivity contribution in [3.63, 3.8) is 0 Å². The van der Waals surface area contributed by atoms with Crippen LogP contribution in [-0.4, -0.2) is 0 Å². The van der Waals surface area contributed by atoms with Crippen LogP contribution in [0, 0.1) is 0 Å². The molecule has 0 atom stereocenters. The molecule has 0 N–H and O–H groups in total. The van der Waals surface area contributed by atoms with E-state index in [1.54, 1.807) is 0 Å². The zero-order valence-corrected chi connectivity index (χ0v) is 29.1. The van der Waals surface area contributed by atoms with E-state index in [-0.39, 0.29) is 0 Å². The standard InChI is InChI=1S/C42H48O2P2/c1-2-3-4-5-6-7-8-9-10-15-24-36-33-34-37(43-45(38-25-16-11-17-26-38)39-27-18-12-19-28-39)35-42(36)44-46(40-29-20-13-21-30-40)41-31-22-14-23-32-41/h11-14,16-23,25-35H,2-10,15,24H2,1H3. The summed E-state index contributed by atoms with van der Waals surface area (Å²) in [6.45, 7) is 2.29. The van der Waals surface area contributed by atoms with Crippen LogP contribution in [0.2, 0.25) is 0 Å². The first-order valence-electron chi connectivity index (χ1n) is 17.1. The molecule has 0 radical (unpaired) electrons. The lowest BCUT2D eigenvalue weighted by atomic mass is 10.0. The Morgan fingerprint density at radius 2 is 0.804 bits per heavy atom. The number of unbranched alkanes of at least 4 members (excludes halogenated alkanes) is 9. The topological polar surface area (TPSA) is 18.5 Å². The first kappa shape index (κ1) is 33.9. The molecule has 0 aliphatic rings. The molecule has 5 rings (SSSR count). The molecule has 5 aromatic rings. The highest BCUT2D eigenvalue weighted by Gasteiger charge is 2.21. The number of rotatable bonds is 19. The summed E-state index contributed by atoms with van der Waals surface area (Å²) >= 11 is 0. The van der Waals surface area contributed by atoms with E-state index < -0.39 is 16.3 Å². The highest BCUT2D eigenvalue weighted by molar-refractivity contribution is 7.69. The molecule has 0 aliphatic heterocycles. The zero-order valence-electron chi connectivity index (χ0n) is 27.3. The van der Waals surface area contributed by atoms with E-state index in [1.165, 1.54) is 91.0 Å². The minimum Gasteiger partial charge on any atom is -0.464 e. The number of aryl methyl sites for hydroxylation is 1. The highest BCUT2D eigenvalue weighted by atomic mass is 31.1. The molecule has 0 spiro atoms. The second kappa shape index (κ2) is 19.3. The van der Waals surface area contributed by atoms with E-state index in [2.05, 4.69) is 146 Å². The van der Waals surface area contributed by atoms with Crippen molar-refractivity contribution in [2.75, 3.05) is 0 Å². The summed E-state index contributed by atoms with van der Waals surface area (Å²) in [5, 5.41) is 4.79. The van der Waals surface area contributed by atoms with Crippen LogP contribution in [0.3, 0.4) is 0 Å². The molecule has 0 bridgehead atoms. The molecule has 46 heavy (non-hydrogen) atoms. The quantitative estimate of drug-likeness (QED) is 0.0657. The predicted octanol–water partition coefficient (Wildman–Crippen LogP) is 11.0. The molecule has 2 nitrogen and oxygen atoms in total. The molecule has 4 heteroatoms. The van der Waals surface area contributed by atoms with E-state index in [0.29, 0.717) is 0 Å². The number of hydrogen-bond acceptors (Lipinski definition) is 2. The second-order valence-corrected chi connectivity index (χ2v) is 15.4. The van der Waals surface area contributed by atoms with Crippen LogP contribution in [0.4, 0.5) is 0 Å². The molecular weight excluding hydrogens is 598 g/mol. The highest BCUT2D eigenvalue weighted by Crippen LogP contribution is 2.43. The fourth-order valence-corrected chi connectivity index (χ4v) is 9.13. The summed E-state index contributed by atoms with van der Waals surface area (Å²) in [6, 6.07) is 49.0. The first-order valence-corrected chi connectivity index (χ1v) is 19.6. The van der Waals surface area contributed by atoms with Crippen molar-refractivity contribution < 1.29 is 9.05 Å². The van der Waals surface area contributed by atoms with E-state index in [0.717, 1.165) is 17.9 Å². The van der Waals surface area contributed by atoms with E-state index in [9.17, 15) is 0 Å². The van der Waals surface area contributed by atoms with Gasteiger partial charge in [0.25, 0.3) is 0 Å². The third kappa shape index (κ3) is 10.6. The van der Waals surface area contributed by atoms with Gasteiger partial charge in [0.05, 0.1) is 0 Å². The Hall–Kier alpha value is -3.44. The lowest BCUT2D eigenvalue weighted by Gasteiger charge is -2.23. The Bertz CT molecular complexity index is 1450. The van der Waals surface area contributed by atoms with E-state index >= 15 is 0 Å². The fraction of sp³-hybridized carbons (Fsp3) is 0.286. The van der Waals surface area contributed by atoms with Gasteiger partial charge in [-0.3, -0.25) is 0 Å². The van der Waals surface area contributed by atoms with Gasteiger partial charge in [-0.05, 0) is 24.5 Å². The normalized spacial score (nSPS) is 11.2. The van der Waals surface area contributed by atoms with Gasteiger partial charge >= 0.3 is 0 Å². The van der Waals surface area contributed by atoms with Gasteiger partial charge in [0.1, 0.15) is 11.5 Å². The third-order valence-electron chi connectivity index (χ3n) is 8.19. The molecule has 0 amide bonds. The molecule has 0 saturated heterocycles. The van der Waals surface area contributed by atoms with Crippen LogP contribution in [0.1, 0.15) is 76.7 Å². The summed E-state index contributed by atoms with van der Waals surface area (Å²) in [6.07, 6.45) is 14.3. The van der Waals surface area contributed by atoms with Crippen LogP contribution in [-0.2, 0) is 6.42 Å². The van der Waals surface area contributed by atoms with Crippen molar-refractivity contribution in [2.24, 2.45) is 0 Å². The average Bonchev–Trinajstić information content (AvgIpc) is 3.12. The van der Waals surface area contributed by atoms with Gasteiger partial charge < -0.3 is 9.05 Å². The summed E-state index contributed by atoms with van der Waals surface area (Å²) in [7, 11) is -2.08. The van der Waals surface area contributed by atoms with Gasteiger partial charge in [0.15, 0.2) is 16.3 Å². The maximum absolute atomic E-state index is 7.09. The molecule has 0 saturated carbocycles. The van der Waals surface area contributed by atoms with Gasteiger partial charge in [-0.25, -0.2) is 0 Å². The molecule has 0 heterocycles. The monoisotopic (exact) mass is 646 g/mol. The lowest BCUT2D eigenvalue weighted by molar-refractivity contribution is 0.552. The molecule has 5 aromatic carbocycles. The van der Waals surface area contributed by atoms with Crippen molar-refractivity contribution in [2.45, 2.75) is 77.6 Å². The Morgan fingerprint density at radius 1 is 0.413 bits per heavy atom. The van der Waals surface area contributed by atoms with Crippen LogP contribution in [0.5, 0.6) is 11.5 Å². The van der Waals surface area contributed by atoms with Crippen molar-refractivity contribution in [1.82, 2.24) is 0 Å². The smallest absolute Gasteiger partial charge is 0.150 e. The maximum Gasteiger partial charge on any atom is 0.150 e. The van der Waals surface area contributed by atoms with Gasteiger partial charge in [-0.15, -0.1) is 0 Å². The Labute approximate surface area is 279 Å². The van der Waals surface area contributed by atoms with Crippen molar-refractivity contribution in [3.05, 3.63) is 145 Å². The van der Waals surface area contributed by atoms with Gasteiger partial charge in [-0.1, -0.05) is 192 Å². The Kier molecular flexibility index (Phi) is 14.2. The Balaban J connectivity index is 1.36. The van der Waals surface area contributed by atoms with Crippen molar-refractivity contribution in [1.29, 1.82) is 0 Å². The maximum atomic E-state index is 7.09.